The lowest BCUT2D eigenvalue weighted by Gasteiger charge is -2.21. The molecule has 0 saturated heterocycles. The molecule has 2 aromatic carbocycles. The van der Waals surface area contributed by atoms with Crippen molar-refractivity contribution in [2.45, 2.75) is 19.8 Å². The molecule has 3 rings (SSSR count). The predicted molar refractivity (Wildman–Crippen MR) is 93.5 cm³/mol. The normalized spacial score (nSPS) is 13.4. The number of aromatic hydroxyl groups is 2. The van der Waals surface area contributed by atoms with Crippen LogP contribution < -0.4 is 0 Å². The number of ketones is 1. The van der Waals surface area contributed by atoms with E-state index in [-0.39, 0.29) is 27.3 Å². The second kappa shape index (κ2) is 6.02. The minimum Gasteiger partial charge on any atom is -0.507 e. The third-order valence-corrected chi connectivity index (χ3v) is 5.07. The van der Waals surface area contributed by atoms with Crippen LogP contribution in [0.2, 0.25) is 5.02 Å². The number of halogens is 2. The molecule has 0 unspecified atom stereocenters. The fourth-order valence-electron chi connectivity index (χ4n) is 2.78. The molecule has 0 radical (unpaired) electrons. The Balaban J connectivity index is 2.16. The summed E-state index contributed by atoms with van der Waals surface area (Å²) in [7, 11) is 0. The van der Waals surface area contributed by atoms with Gasteiger partial charge >= 0.3 is 0 Å². The van der Waals surface area contributed by atoms with E-state index in [0.717, 1.165) is 5.57 Å². The highest BCUT2D eigenvalue weighted by Gasteiger charge is 2.27. The van der Waals surface area contributed by atoms with Gasteiger partial charge < -0.3 is 10.2 Å². The zero-order valence-corrected chi connectivity index (χ0v) is 14.7. The van der Waals surface area contributed by atoms with Crippen molar-refractivity contribution in [3.05, 3.63) is 67.7 Å². The van der Waals surface area contributed by atoms with E-state index in [1.54, 1.807) is 24.3 Å². The number of benzene rings is 2. The maximum atomic E-state index is 12.7. The first kappa shape index (κ1) is 16.1. The Morgan fingerprint density at radius 1 is 1.13 bits per heavy atom. The molecule has 0 aliphatic heterocycles. The smallest absolute Gasteiger partial charge is 0.198 e. The van der Waals surface area contributed by atoms with Crippen LogP contribution in [-0.4, -0.2) is 16.0 Å². The number of phenols is 2. The molecule has 3 nitrogen and oxygen atoms in total. The highest BCUT2D eigenvalue weighted by molar-refractivity contribution is 9.10. The first-order valence-corrected chi connectivity index (χ1v) is 8.28. The van der Waals surface area contributed by atoms with E-state index < -0.39 is 0 Å². The largest absolute Gasteiger partial charge is 0.507 e. The van der Waals surface area contributed by atoms with Gasteiger partial charge in [-0.3, -0.25) is 4.79 Å². The van der Waals surface area contributed by atoms with E-state index in [9.17, 15) is 15.0 Å². The highest BCUT2D eigenvalue weighted by Crippen LogP contribution is 2.44. The van der Waals surface area contributed by atoms with E-state index >= 15 is 0 Å². The second-order valence-corrected chi connectivity index (χ2v) is 6.84. The summed E-state index contributed by atoms with van der Waals surface area (Å²) in [5, 5.41) is 21.6. The summed E-state index contributed by atoms with van der Waals surface area (Å²) in [6.07, 6.45) is 3.05. The average Bonchev–Trinajstić information content (AvgIpc) is 2.53. The van der Waals surface area contributed by atoms with E-state index in [1.165, 1.54) is 0 Å². The SMILES string of the molecule is CC1=CCc2c(O)c(C(=O)c3ccc(Cl)cc3)c(Br)c(O)c2C1. The molecule has 2 N–H and O–H groups in total. The summed E-state index contributed by atoms with van der Waals surface area (Å²) in [6.45, 7) is 1.97. The van der Waals surface area contributed by atoms with Gasteiger partial charge in [-0.15, -0.1) is 0 Å². The van der Waals surface area contributed by atoms with Crippen molar-refractivity contribution < 1.29 is 15.0 Å². The second-order valence-electron chi connectivity index (χ2n) is 5.61. The lowest BCUT2D eigenvalue weighted by Crippen LogP contribution is -2.09. The molecule has 23 heavy (non-hydrogen) atoms. The molecule has 0 spiro atoms. The maximum absolute atomic E-state index is 12.7. The van der Waals surface area contributed by atoms with Gasteiger partial charge in [-0.1, -0.05) is 23.3 Å². The number of rotatable bonds is 2. The Bertz CT molecular complexity index is 839. The molecular weight excluding hydrogens is 380 g/mol. The van der Waals surface area contributed by atoms with Crippen molar-refractivity contribution in [3.63, 3.8) is 0 Å². The molecule has 0 aromatic heterocycles. The van der Waals surface area contributed by atoms with Crippen LogP contribution >= 0.6 is 27.5 Å². The van der Waals surface area contributed by atoms with Crippen molar-refractivity contribution in [1.82, 2.24) is 0 Å². The molecule has 118 valence electrons. The number of carbonyl (C=O) groups excluding carboxylic acids is 1. The maximum Gasteiger partial charge on any atom is 0.198 e. The Morgan fingerprint density at radius 3 is 2.43 bits per heavy atom. The van der Waals surface area contributed by atoms with Crippen molar-refractivity contribution >= 4 is 33.3 Å². The quantitative estimate of drug-likeness (QED) is 0.438. The van der Waals surface area contributed by atoms with Crippen LogP contribution in [0.5, 0.6) is 11.5 Å². The lowest BCUT2D eigenvalue weighted by atomic mass is 9.87. The van der Waals surface area contributed by atoms with Crippen molar-refractivity contribution in [1.29, 1.82) is 0 Å². The molecule has 0 bridgehead atoms. The molecule has 0 fully saturated rings. The van der Waals surface area contributed by atoms with Gasteiger partial charge in [-0.2, -0.15) is 0 Å². The number of hydrogen-bond donors (Lipinski definition) is 2. The Kier molecular flexibility index (Phi) is 4.21. The zero-order chi connectivity index (χ0) is 16.7. The van der Waals surface area contributed by atoms with Gasteiger partial charge in [0.15, 0.2) is 5.78 Å². The molecule has 1 aliphatic rings. The average molecular weight is 394 g/mol. The minimum absolute atomic E-state index is 0.0163. The number of hydrogen-bond acceptors (Lipinski definition) is 3. The third kappa shape index (κ3) is 2.77. The molecule has 0 amide bonds. The van der Waals surface area contributed by atoms with E-state index in [1.807, 2.05) is 13.0 Å². The Morgan fingerprint density at radius 2 is 1.78 bits per heavy atom. The van der Waals surface area contributed by atoms with E-state index in [4.69, 9.17) is 11.6 Å². The van der Waals surface area contributed by atoms with Crippen LogP contribution in [0, 0.1) is 0 Å². The summed E-state index contributed by atoms with van der Waals surface area (Å²) < 4.78 is 0.225. The highest BCUT2D eigenvalue weighted by atomic mass is 79.9. The number of carbonyl (C=O) groups is 1. The summed E-state index contributed by atoms with van der Waals surface area (Å²) in [5.41, 5.74) is 2.87. The van der Waals surface area contributed by atoms with Crippen LogP contribution in [0.3, 0.4) is 0 Å². The standard InChI is InChI=1S/C18H14BrClO3/c1-9-2-7-12-13(8-9)18(23)15(19)14(17(12)22)16(21)10-3-5-11(20)6-4-10/h2-6,22-23H,7-8H2,1H3. The molecule has 5 heteroatoms. The van der Waals surface area contributed by atoms with Gasteiger partial charge in [0.2, 0.25) is 0 Å². The minimum atomic E-state index is -0.365. The van der Waals surface area contributed by atoms with Gasteiger partial charge in [-0.05, 0) is 60.0 Å². The number of fused-ring (bicyclic) bond motifs is 1. The zero-order valence-electron chi connectivity index (χ0n) is 12.4. The van der Waals surface area contributed by atoms with Gasteiger partial charge in [0, 0.05) is 21.7 Å². The van der Waals surface area contributed by atoms with Gasteiger partial charge in [0.25, 0.3) is 0 Å². The lowest BCUT2D eigenvalue weighted by molar-refractivity contribution is 0.103. The Labute approximate surface area is 147 Å². The van der Waals surface area contributed by atoms with Crippen LogP contribution in [-0.2, 0) is 12.8 Å². The summed E-state index contributed by atoms with van der Waals surface area (Å²) in [5.74, 6) is -0.425. The number of phenolic OH excluding ortho intramolecular Hbond substituents is 2. The molecule has 1 aliphatic carbocycles. The van der Waals surface area contributed by atoms with E-state index in [2.05, 4.69) is 15.9 Å². The number of allylic oxidation sites excluding steroid dienone is 2. The predicted octanol–water partition coefficient (Wildman–Crippen LogP) is 4.79. The third-order valence-electron chi connectivity index (χ3n) is 4.04. The van der Waals surface area contributed by atoms with Crippen LogP contribution in [0.25, 0.3) is 0 Å². The van der Waals surface area contributed by atoms with Crippen molar-refractivity contribution in [2.75, 3.05) is 0 Å². The molecule has 0 atom stereocenters. The van der Waals surface area contributed by atoms with Gasteiger partial charge in [-0.25, -0.2) is 0 Å². The van der Waals surface area contributed by atoms with Crippen LogP contribution in [0.4, 0.5) is 0 Å². The molecular formula is C18H14BrClO3. The monoisotopic (exact) mass is 392 g/mol. The topological polar surface area (TPSA) is 57.5 Å². The van der Waals surface area contributed by atoms with Crippen molar-refractivity contribution in [2.24, 2.45) is 0 Å². The van der Waals surface area contributed by atoms with Gasteiger partial charge in [0.1, 0.15) is 11.5 Å². The summed E-state index contributed by atoms with van der Waals surface area (Å²) >= 11 is 9.11. The first-order chi connectivity index (χ1) is 10.9. The summed E-state index contributed by atoms with van der Waals surface area (Å²) in [4.78, 5) is 12.7. The fourth-order valence-corrected chi connectivity index (χ4v) is 3.52. The van der Waals surface area contributed by atoms with E-state index in [0.29, 0.717) is 34.6 Å². The fraction of sp³-hybridized carbons (Fsp3) is 0.167. The van der Waals surface area contributed by atoms with Crippen LogP contribution in [0.15, 0.2) is 40.4 Å². The molecule has 2 aromatic rings. The molecule has 0 heterocycles. The van der Waals surface area contributed by atoms with Crippen LogP contribution in [0.1, 0.15) is 34.0 Å². The molecule has 0 saturated carbocycles. The Hall–Kier alpha value is -1.78. The summed E-state index contributed by atoms with van der Waals surface area (Å²) in [6, 6.07) is 6.42. The van der Waals surface area contributed by atoms with Gasteiger partial charge in [0.05, 0.1) is 10.0 Å². The van der Waals surface area contributed by atoms with Crippen molar-refractivity contribution in [3.8, 4) is 11.5 Å². The first-order valence-electron chi connectivity index (χ1n) is 7.11.